The van der Waals surface area contributed by atoms with Crippen molar-refractivity contribution >= 4 is 29.9 Å². The van der Waals surface area contributed by atoms with Crippen LogP contribution in [-0.2, 0) is 24.5 Å². The fourth-order valence-corrected chi connectivity index (χ4v) is 3.44. The Morgan fingerprint density at radius 3 is 2.15 bits per heavy atom. The van der Waals surface area contributed by atoms with Gasteiger partial charge in [0.1, 0.15) is 0 Å². The molecule has 6 heteroatoms. The third-order valence-electron chi connectivity index (χ3n) is 5.25. The maximum atomic E-state index is 9.82. The van der Waals surface area contributed by atoms with Gasteiger partial charge in [0.15, 0.2) is 5.96 Å². The van der Waals surface area contributed by atoms with Gasteiger partial charge in [-0.3, -0.25) is 0 Å². The van der Waals surface area contributed by atoms with Crippen LogP contribution in [0.1, 0.15) is 35.1 Å². The third kappa shape index (κ3) is 9.15. The number of aliphatic hydroxyl groups is 1. The smallest absolute Gasteiger partial charge is 0.191 e. The van der Waals surface area contributed by atoms with Gasteiger partial charge in [0.05, 0.1) is 26.4 Å². The van der Waals surface area contributed by atoms with E-state index in [1.54, 1.807) is 0 Å². The molecule has 3 N–H and O–H groups in total. The summed E-state index contributed by atoms with van der Waals surface area (Å²) >= 11 is 0. The number of guanidine groups is 1. The molecular weight excluding hydrogens is 525 g/mol. The van der Waals surface area contributed by atoms with Crippen molar-refractivity contribution in [1.29, 1.82) is 0 Å². The lowest BCUT2D eigenvalue weighted by Crippen LogP contribution is -2.40. The highest BCUT2D eigenvalue weighted by Crippen LogP contribution is 2.15. The SMILES string of the molecule is CCNC(=NCc1ccccc1COCc1ccccc1)NCC(CO)c1ccccc1.I. The van der Waals surface area contributed by atoms with Crippen molar-refractivity contribution in [3.8, 4) is 0 Å². The molecule has 0 aliphatic rings. The normalized spacial score (nSPS) is 12.0. The first-order chi connectivity index (χ1) is 15.8. The summed E-state index contributed by atoms with van der Waals surface area (Å²) in [5.41, 5.74) is 4.55. The zero-order valence-corrected chi connectivity index (χ0v) is 21.4. The molecule has 0 fully saturated rings. The van der Waals surface area contributed by atoms with E-state index in [0.717, 1.165) is 29.2 Å². The molecule has 0 saturated heterocycles. The monoisotopic (exact) mass is 559 g/mol. The number of benzene rings is 3. The van der Waals surface area contributed by atoms with Crippen molar-refractivity contribution in [2.45, 2.75) is 32.6 Å². The second kappa shape index (κ2) is 15.4. The Kier molecular flexibility index (Phi) is 12.5. The van der Waals surface area contributed by atoms with Crippen LogP contribution in [-0.4, -0.2) is 30.8 Å². The van der Waals surface area contributed by atoms with E-state index >= 15 is 0 Å². The van der Waals surface area contributed by atoms with Gasteiger partial charge >= 0.3 is 0 Å². The van der Waals surface area contributed by atoms with E-state index in [2.05, 4.69) is 34.9 Å². The quantitative estimate of drug-likeness (QED) is 0.179. The molecule has 0 amide bonds. The lowest BCUT2D eigenvalue weighted by molar-refractivity contribution is 0.106. The van der Waals surface area contributed by atoms with Gasteiger partial charge in [0.25, 0.3) is 0 Å². The van der Waals surface area contributed by atoms with Gasteiger partial charge in [-0.2, -0.15) is 0 Å². The predicted octanol–water partition coefficient (Wildman–Crippen LogP) is 4.85. The maximum absolute atomic E-state index is 9.82. The largest absolute Gasteiger partial charge is 0.396 e. The summed E-state index contributed by atoms with van der Waals surface area (Å²) in [5.74, 6) is 0.751. The Hall–Kier alpha value is -2.42. The average molecular weight is 559 g/mol. The molecule has 3 aromatic carbocycles. The van der Waals surface area contributed by atoms with Gasteiger partial charge in [0, 0.05) is 19.0 Å². The molecular formula is C27H34IN3O2. The second-order valence-electron chi connectivity index (χ2n) is 7.61. The van der Waals surface area contributed by atoms with Crippen LogP contribution in [0.3, 0.4) is 0 Å². The number of ether oxygens (including phenoxy) is 1. The van der Waals surface area contributed by atoms with E-state index in [9.17, 15) is 5.11 Å². The maximum Gasteiger partial charge on any atom is 0.191 e. The average Bonchev–Trinajstić information content (AvgIpc) is 2.85. The van der Waals surface area contributed by atoms with Crippen LogP contribution < -0.4 is 10.6 Å². The summed E-state index contributed by atoms with van der Waals surface area (Å²) in [6, 6.07) is 28.5. The van der Waals surface area contributed by atoms with Crippen LogP contribution in [0.25, 0.3) is 0 Å². The highest BCUT2D eigenvalue weighted by Gasteiger charge is 2.11. The lowest BCUT2D eigenvalue weighted by atomic mass is 10.0. The Labute approximate surface area is 214 Å². The van der Waals surface area contributed by atoms with Crippen molar-refractivity contribution in [2.75, 3.05) is 19.7 Å². The Bertz CT molecular complexity index is 952. The van der Waals surface area contributed by atoms with Crippen molar-refractivity contribution in [3.63, 3.8) is 0 Å². The van der Waals surface area contributed by atoms with E-state index in [0.29, 0.717) is 26.3 Å². The zero-order valence-electron chi connectivity index (χ0n) is 19.1. The topological polar surface area (TPSA) is 65.9 Å². The molecule has 0 aliphatic carbocycles. The van der Waals surface area contributed by atoms with Crippen molar-refractivity contribution < 1.29 is 9.84 Å². The molecule has 0 radical (unpaired) electrons. The lowest BCUT2D eigenvalue weighted by Gasteiger charge is -2.18. The van der Waals surface area contributed by atoms with Gasteiger partial charge < -0.3 is 20.5 Å². The molecule has 5 nitrogen and oxygen atoms in total. The molecule has 0 aliphatic heterocycles. The number of rotatable bonds is 11. The number of aliphatic hydroxyl groups excluding tert-OH is 1. The first kappa shape index (κ1) is 26.8. The first-order valence-electron chi connectivity index (χ1n) is 11.2. The predicted molar refractivity (Wildman–Crippen MR) is 146 cm³/mol. The summed E-state index contributed by atoms with van der Waals surface area (Å²) in [4.78, 5) is 4.77. The summed E-state index contributed by atoms with van der Waals surface area (Å²) < 4.78 is 5.94. The van der Waals surface area contributed by atoms with Crippen LogP contribution in [0.2, 0.25) is 0 Å². The third-order valence-corrected chi connectivity index (χ3v) is 5.25. The van der Waals surface area contributed by atoms with E-state index in [1.165, 1.54) is 5.56 Å². The van der Waals surface area contributed by atoms with Gasteiger partial charge in [-0.15, -0.1) is 24.0 Å². The summed E-state index contributed by atoms with van der Waals surface area (Å²) in [6.45, 7) is 5.18. The number of hydrogen-bond donors (Lipinski definition) is 3. The van der Waals surface area contributed by atoms with Gasteiger partial charge in [-0.25, -0.2) is 4.99 Å². The minimum Gasteiger partial charge on any atom is -0.396 e. The summed E-state index contributed by atoms with van der Waals surface area (Å²) in [7, 11) is 0. The number of aliphatic imine (C=N–C) groups is 1. The Morgan fingerprint density at radius 2 is 1.48 bits per heavy atom. The molecule has 0 bridgehead atoms. The standard InChI is InChI=1S/C27H33N3O2.HI/c1-2-28-27(30-18-26(19-31)23-13-7-4-8-14-23)29-17-24-15-9-10-16-25(24)21-32-20-22-11-5-3-6-12-22;/h3-16,26,31H,2,17-21H2,1H3,(H2,28,29,30);1H. The molecule has 0 spiro atoms. The fourth-order valence-electron chi connectivity index (χ4n) is 3.44. The molecule has 1 unspecified atom stereocenters. The number of hydrogen-bond acceptors (Lipinski definition) is 3. The minimum atomic E-state index is 0. The van der Waals surface area contributed by atoms with E-state index in [1.807, 2.05) is 67.6 Å². The van der Waals surface area contributed by atoms with Crippen molar-refractivity contribution in [2.24, 2.45) is 4.99 Å². The number of nitrogens with zero attached hydrogens (tertiary/aromatic N) is 1. The fraction of sp³-hybridized carbons (Fsp3) is 0.296. The molecule has 0 aromatic heterocycles. The number of halogens is 1. The first-order valence-corrected chi connectivity index (χ1v) is 11.2. The molecule has 176 valence electrons. The molecule has 3 aromatic rings. The molecule has 0 saturated carbocycles. The van der Waals surface area contributed by atoms with E-state index in [4.69, 9.17) is 9.73 Å². The van der Waals surface area contributed by atoms with E-state index in [-0.39, 0.29) is 36.5 Å². The Balaban J connectivity index is 0.00000385. The van der Waals surface area contributed by atoms with Crippen LogP contribution in [0.4, 0.5) is 0 Å². The van der Waals surface area contributed by atoms with Crippen LogP contribution >= 0.6 is 24.0 Å². The van der Waals surface area contributed by atoms with Gasteiger partial charge in [-0.1, -0.05) is 84.9 Å². The molecule has 0 heterocycles. The summed E-state index contributed by atoms with van der Waals surface area (Å²) in [5, 5.41) is 16.5. The van der Waals surface area contributed by atoms with Gasteiger partial charge in [-0.05, 0) is 29.2 Å². The molecule has 3 rings (SSSR count). The highest BCUT2D eigenvalue weighted by molar-refractivity contribution is 14.0. The van der Waals surface area contributed by atoms with Gasteiger partial charge in [0.2, 0.25) is 0 Å². The van der Waals surface area contributed by atoms with E-state index < -0.39 is 0 Å². The summed E-state index contributed by atoms with van der Waals surface area (Å²) in [6.07, 6.45) is 0. The molecule has 1 atom stereocenters. The highest BCUT2D eigenvalue weighted by atomic mass is 127. The van der Waals surface area contributed by atoms with Crippen LogP contribution in [0.5, 0.6) is 0 Å². The second-order valence-corrected chi connectivity index (χ2v) is 7.61. The Morgan fingerprint density at radius 1 is 0.848 bits per heavy atom. The van der Waals surface area contributed by atoms with Crippen LogP contribution in [0.15, 0.2) is 89.9 Å². The zero-order chi connectivity index (χ0) is 22.4. The van der Waals surface area contributed by atoms with Crippen molar-refractivity contribution in [1.82, 2.24) is 10.6 Å². The molecule has 33 heavy (non-hydrogen) atoms. The van der Waals surface area contributed by atoms with Crippen LogP contribution in [0, 0.1) is 0 Å². The minimum absolute atomic E-state index is 0. The van der Waals surface area contributed by atoms with Crippen molar-refractivity contribution in [3.05, 3.63) is 107 Å². The number of nitrogens with one attached hydrogen (secondary N) is 2.